The van der Waals surface area contributed by atoms with E-state index in [-0.39, 0.29) is 0 Å². The van der Waals surface area contributed by atoms with Gasteiger partial charge < -0.3 is 20.5 Å². The number of nitrogens with zero attached hydrogens (tertiary/aromatic N) is 1. The van der Waals surface area contributed by atoms with Gasteiger partial charge in [-0.3, -0.25) is 0 Å². The second-order valence-electron chi connectivity index (χ2n) is 4.34. The maximum Gasteiger partial charge on any atom is 0.193 e. The van der Waals surface area contributed by atoms with Crippen LogP contribution in [0.1, 0.15) is 5.56 Å². The highest BCUT2D eigenvalue weighted by Crippen LogP contribution is 2.23. The second-order valence-corrected chi connectivity index (χ2v) is 4.34. The molecule has 0 atom stereocenters. The fourth-order valence-electron chi connectivity index (χ4n) is 1.93. The van der Waals surface area contributed by atoms with Crippen molar-refractivity contribution < 1.29 is 9.47 Å². The Morgan fingerprint density at radius 3 is 2.33 bits per heavy atom. The van der Waals surface area contributed by atoms with Crippen LogP contribution in [0.4, 0.5) is 5.69 Å². The summed E-state index contributed by atoms with van der Waals surface area (Å²) in [5.74, 6) is 1.84. The van der Waals surface area contributed by atoms with Gasteiger partial charge in [-0.1, -0.05) is 30.3 Å². The number of hydrogen-bond acceptors (Lipinski definition) is 3. The first-order valence-electron chi connectivity index (χ1n) is 6.56. The van der Waals surface area contributed by atoms with Crippen LogP contribution in [0.5, 0.6) is 11.5 Å². The molecule has 3 N–H and O–H groups in total. The number of nitrogens with two attached hydrogens (primary N) is 1. The van der Waals surface area contributed by atoms with E-state index in [1.165, 1.54) is 0 Å². The van der Waals surface area contributed by atoms with Crippen LogP contribution >= 0.6 is 0 Å². The lowest BCUT2D eigenvalue weighted by molar-refractivity contribution is 0.410. The Kier molecular flexibility index (Phi) is 5.04. The third-order valence-electron chi connectivity index (χ3n) is 2.98. The first-order valence-corrected chi connectivity index (χ1v) is 6.56. The van der Waals surface area contributed by atoms with Gasteiger partial charge >= 0.3 is 0 Å². The predicted octanol–water partition coefficient (Wildman–Crippen LogP) is 2.63. The quantitative estimate of drug-likeness (QED) is 0.654. The maximum atomic E-state index is 5.91. The molecule has 0 heterocycles. The summed E-state index contributed by atoms with van der Waals surface area (Å²) in [6.45, 7) is 0.442. The summed E-state index contributed by atoms with van der Waals surface area (Å²) >= 11 is 0. The average Bonchev–Trinajstić information content (AvgIpc) is 2.53. The van der Waals surface area contributed by atoms with E-state index in [1.54, 1.807) is 14.2 Å². The van der Waals surface area contributed by atoms with Crippen LogP contribution in [0.25, 0.3) is 0 Å². The fourth-order valence-corrected chi connectivity index (χ4v) is 1.93. The van der Waals surface area contributed by atoms with Gasteiger partial charge in [0.05, 0.1) is 26.5 Å². The van der Waals surface area contributed by atoms with Crippen molar-refractivity contribution in [3.05, 3.63) is 54.1 Å². The van der Waals surface area contributed by atoms with Crippen molar-refractivity contribution >= 4 is 11.6 Å². The summed E-state index contributed by atoms with van der Waals surface area (Å²) in [6, 6.07) is 15.2. The number of methoxy groups -OCH3 is 2. The molecule has 0 saturated carbocycles. The Bertz CT molecular complexity index is 626. The minimum atomic E-state index is 0.324. The van der Waals surface area contributed by atoms with E-state index >= 15 is 0 Å². The molecule has 2 rings (SSSR count). The molecule has 0 fully saturated rings. The van der Waals surface area contributed by atoms with Gasteiger partial charge in [0.1, 0.15) is 11.5 Å². The molecule has 0 saturated heterocycles. The van der Waals surface area contributed by atoms with Crippen molar-refractivity contribution in [3.63, 3.8) is 0 Å². The van der Waals surface area contributed by atoms with Crippen molar-refractivity contribution in [2.24, 2.45) is 10.7 Å². The van der Waals surface area contributed by atoms with Crippen LogP contribution < -0.4 is 20.5 Å². The van der Waals surface area contributed by atoms with Gasteiger partial charge in [0.15, 0.2) is 5.96 Å². The Hall–Kier alpha value is -2.69. The first kappa shape index (κ1) is 14.7. The van der Waals surface area contributed by atoms with E-state index in [9.17, 15) is 0 Å². The highest BCUT2D eigenvalue weighted by Gasteiger charge is 2.03. The Morgan fingerprint density at radius 1 is 1.00 bits per heavy atom. The van der Waals surface area contributed by atoms with Gasteiger partial charge in [-0.15, -0.1) is 0 Å². The molecule has 5 nitrogen and oxygen atoms in total. The average molecular weight is 285 g/mol. The van der Waals surface area contributed by atoms with Gasteiger partial charge in [-0.2, -0.15) is 0 Å². The number of rotatable bonds is 5. The van der Waals surface area contributed by atoms with Crippen LogP contribution in [0.15, 0.2) is 53.5 Å². The molecule has 5 heteroatoms. The lowest BCUT2D eigenvalue weighted by atomic mass is 10.2. The number of guanidine groups is 1. The molecule has 0 amide bonds. The largest absolute Gasteiger partial charge is 0.496 e. The standard InChI is InChI=1S/C16H19N3O2/c1-20-14-9-5-3-7-12(14)11-18-16(17)19-13-8-4-6-10-15(13)21-2/h3-10H,11H2,1-2H3,(H3,17,18,19). The Morgan fingerprint density at radius 2 is 1.62 bits per heavy atom. The number of hydrogen-bond donors (Lipinski definition) is 2. The van der Waals surface area contributed by atoms with Crippen LogP contribution in [0, 0.1) is 0 Å². The highest BCUT2D eigenvalue weighted by atomic mass is 16.5. The smallest absolute Gasteiger partial charge is 0.193 e. The number of anilines is 1. The summed E-state index contributed by atoms with van der Waals surface area (Å²) in [6.07, 6.45) is 0. The number of para-hydroxylation sites is 3. The molecule has 21 heavy (non-hydrogen) atoms. The van der Waals surface area contributed by atoms with Crippen molar-refractivity contribution in [3.8, 4) is 11.5 Å². The van der Waals surface area contributed by atoms with Crippen molar-refractivity contribution in [1.29, 1.82) is 0 Å². The van der Waals surface area contributed by atoms with E-state index in [1.807, 2.05) is 48.5 Å². The summed E-state index contributed by atoms with van der Waals surface area (Å²) < 4.78 is 10.5. The molecule has 0 aliphatic carbocycles. The SMILES string of the molecule is COc1ccccc1CN=C(N)Nc1ccccc1OC. The fraction of sp³-hybridized carbons (Fsp3) is 0.188. The van der Waals surface area contributed by atoms with Gasteiger partial charge in [-0.25, -0.2) is 4.99 Å². The normalized spacial score (nSPS) is 11.0. The van der Waals surface area contributed by atoms with Crippen molar-refractivity contribution in [1.82, 2.24) is 0 Å². The van der Waals surface area contributed by atoms with Crippen molar-refractivity contribution in [2.45, 2.75) is 6.54 Å². The number of aliphatic imine (C=N–C) groups is 1. The molecule has 2 aromatic carbocycles. The zero-order valence-electron chi connectivity index (χ0n) is 12.2. The lowest BCUT2D eigenvalue weighted by Crippen LogP contribution is -2.23. The molecule has 110 valence electrons. The van der Waals surface area contributed by atoms with E-state index in [0.717, 1.165) is 17.0 Å². The van der Waals surface area contributed by atoms with E-state index in [2.05, 4.69) is 10.3 Å². The van der Waals surface area contributed by atoms with E-state index < -0.39 is 0 Å². The predicted molar refractivity (Wildman–Crippen MR) is 84.9 cm³/mol. The molecule has 0 radical (unpaired) electrons. The number of benzene rings is 2. The van der Waals surface area contributed by atoms with Gasteiger partial charge in [0.25, 0.3) is 0 Å². The van der Waals surface area contributed by atoms with Gasteiger partial charge in [0, 0.05) is 5.56 Å². The molecule has 0 aromatic heterocycles. The molecule has 0 bridgehead atoms. The topological polar surface area (TPSA) is 68.9 Å². The minimum absolute atomic E-state index is 0.324. The van der Waals surface area contributed by atoms with E-state index in [4.69, 9.17) is 15.2 Å². The summed E-state index contributed by atoms with van der Waals surface area (Å²) in [7, 11) is 3.25. The summed E-state index contributed by atoms with van der Waals surface area (Å²) in [4.78, 5) is 4.32. The molecule has 0 aliphatic rings. The Labute approximate surface area is 124 Å². The monoisotopic (exact) mass is 285 g/mol. The van der Waals surface area contributed by atoms with Gasteiger partial charge in [-0.05, 0) is 18.2 Å². The molecule has 0 aliphatic heterocycles. The third-order valence-corrected chi connectivity index (χ3v) is 2.98. The molecule has 2 aromatic rings. The maximum absolute atomic E-state index is 5.91. The summed E-state index contributed by atoms with van der Waals surface area (Å²) in [5, 5.41) is 3.03. The third kappa shape index (κ3) is 3.89. The Balaban J connectivity index is 2.08. The van der Waals surface area contributed by atoms with E-state index in [0.29, 0.717) is 18.3 Å². The van der Waals surface area contributed by atoms with Gasteiger partial charge in [0.2, 0.25) is 0 Å². The zero-order valence-corrected chi connectivity index (χ0v) is 12.2. The molecular formula is C16H19N3O2. The van der Waals surface area contributed by atoms with Crippen LogP contribution in [0.2, 0.25) is 0 Å². The second kappa shape index (κ2) is 7.19. The minimum Gasteiger partial charge on any atom is -0.496 e. The number of nitrogens with one attached hydrogen (secondary N) is 1. The van der Waals surface area contributed by atoms with Crippen molar-refractivity contribution in [2.75, 3.05) is 19.5 Å². The zero-order chi connectivity index (χ0) is 15.1. The molecular weight excluding hydrogens is 266 g/mol. The highest BCUT2D eigenvalue weighted by molar-refractivity contribution is 5.93. The number of ether oxygens (including phenoxy) is 2. The van der Waals surface area contributed by atoms with Crippen LogP contribution in [-0.2, 0) is 6.54 Å². The summed E-state index contributed by atoms with van der Waals surface area (Å²) in [5.41, 5.74) is 7.67. The molecule has 0 unspecified atom stereocenters. The lowest BCUT2D eigenvalue weighted by Gasteiger charge is -2.10. The van der Waals surface area contributed by atoms with Crippen LogP contribution in [0.3, 0.4) is 0 Å². The van der Waals surface area contributed by atoms with Crippen LogP contribution in [-0.4, -0.2) is 20.2 Å². The first-order chi connectivity index (χ1) is 10.2. The molecule has 0 spiro atoms.